The van der Waals surface area contributed by atoms with Gasteiger partial charge in [-0.05, 0) is 25.1 Å². The van der Waals surface area contributed by atoms with Crippen molar-refractivity contribution in [2.24, 2.45) is 4.99 Å². The third-order valence-corrected chi connectivity index (χ3v) is 3.89. The third-order valence-electron chi connectivity index (χ3n) is 2.93. The Labute approximate surface area is 149 Å². The Morgan fingerprint density at radius 2 is 2.17 bits per heavy atom. The fourth-order valence-corrected chi connectivity index (χ4v) is 2.47. The van der Waals surface area contributed by atoms with Crippen LogP contribution < -0.4 is 14.8 Å². The highest BCUT2D eigenvalue weighted by Gasteiger charge is 2.06. The van der Waals surface area contributed by atoms with Gasteiger partial charge in [-0.1, -0.05) is 17.7 Å². The summed E-state index contributed by atoms with van der Waals surface area (Å²) in [6, 6.07) is 7.24. The van der Waals surface area contributed by atoms with Gasteiger partial charge in [0.2, 0.25) is 10.0 Å². The zero-order valence-corrected chi connectivity index (χ0v) is 15.8. The van der Waals surface area contributed by atoms with Crippen molar-refractivity contribution in [3.8, 4) is 5.75 Å². The number of hydrogen-bond donors (Lipinski definition) is 2. The molecule has 7 nitrogen and oxygen atoms in total. The molecule has 0 fully saturated rings. The molecule has 0 bridgehead atoms. The van der Waals surface area contributed by atoms with Crippen LogP contribution >= 0.6 is 11.6 Å². The van der Waals surface area contributed by atoms with E-state index >= 15 is 0 Å². The smallest absolute Gasteiger partial charge is 0.208 e. The summed E-state index contributed by atoms with van der Waals surface area (Å²) in [6.45, 7) is 4.41. The van der Waals surface area contributed by atoms with Crippen molar-refractivity contribution in [1.29, 1.82) is 0 Å². The van der Waals surface area contributed by atoms with E-state index < -0.39 is 10.0 Å². The molecule has 0 aliphatic carbocycles. The summed E-state index contributed by atoms with van der Waals surface area (Å²) in [6.07, 6.45) is 1.13. The van der Waals surface area contributed by atoms with Crippen molar-refractivity contribution in [3.63, 3.8) is 0 Å². The van der Waals surface area contributed by atoms with Crippen LogP contribution in [0.15, 0.2) is 29.3 Å². The van der Waals surface area contributed by atoms with E-state index in [0.29, 0.717) is 30.7 Å². The number of hydrogen-bond acceptors (Lipinski definition) is 4. The van der Waals surface area contributed by atoms with E-state index in [1.165, 1.54) is 0 Å². The van der Waals surface area contributed by atoms with Crippen LogP contribution in [0.1, 0.15) is 6.92 Å². The van der Waals surface area contributed by atoms with Crippen LogP contribution in [0.4, 0.5) is 0 Å². The number of benzene rings is 1. The second kappa shape index (κ2) is 10.4. The molecule has 0 atom stereocenters. The molecule has 136 valence electrons. The molecular formula is C15H25ClN4O3S. The lowest BCUT2D eigenvalue weighted by Gasteiger charge is -2.22. The molecule has 0 aliphatic heterocycles. The average Bonchev–Trinajstić information content (AvgIpc) is 2.49. The molecule has 0 spiro atoms. The fraction of sp³-hybridized carbons (Fsp3) is 0.533. The number of sulfonamides is 1. The van der Waals surface area contributed by atoms with Crippen molar-refractivity contribution in [3.05, 3.63) is 29.3 Å². The Morgan fingerprint density at radius 3 is 2.79 bits per heavy atom. The van der Waals surface area contributed by atoms with Gasteiger partial charge >= 0.3 is 0 Å². The second-order valence-corrected chi connectivity index (χ2v) is 7.40. The van der Waals surface area contributed by atoms with E-state index in [1.54, 1.807) is 12.1 Å². The first-order chi connectivity index (χ1) is 11.3. The number of guanidine groups is 1. The van der Waals surface area contributed by atoms with Gasteiger partial charge in [0.05, 0.1) is 19.3 Å². The SMILES string of the molecule is CCNC(=NCCNS(C)(=O)=O)N(C)CCOc1cccc(Cl)c1. The van der Waals surface area contributed by atoms with E-state index in [1.807, 2.05) is 31.0 Å². The molecule has 0 aliphatic rings. The summed E-state index contributed by atoms with van der Waals surface area (Å²) in [4.78, 5) is 6.31. The zero-order chi connectivity index (χ0) is 18.0. The fourth-order valence-electron chi connectivity index (χ4n) is 1.83. The van der Waals surface area contributed by atoms with Gasteiger partial charge in [0, 0.05) is 25.2 Å². The van der Waals surface area contributed by atoms with E-state index in [9.17, 15) is 8.42 Å². The molecule has 24 heavy (non-hydrogen) atoms. The first-order valence-electron chi connectivity index (χ1n) is 7.64. The van der Waals surface area contributed by atoms with Crippen LogP contribution in [-0.2, 0) is 10.0 Å². The number of nitrogens with zero attached hydrogens (tertiary/aromatic N) is 2. The highest BCUT2D eigenvalue weighted by molar-refractivity contribution is 7.88. The van der Waals surface area contributed by atoms with Crippen LogP contribution in [0.25, 0.3) is 0 Å². The first kappa shape index (κ1) is 20.5. The minimum Gasteiger partial charge on any atom is -0.492 e. The Bertz CT molecular complexity index is 637. The summed E-state index contributed by atoms with van der Waals surface area (Å²) in [5.41, 5.74) is 0. The summed E-state index contributed by atoms with van der Waals surface area (Å²) >= 11 is 5.91. The zero-order valence-electron chi connectivity index (χ0n) is 14.3. The Balaban J connectivity index is 2.45. The van der Waals surface area contributed by atoms with Gasteiger partial charge in [-0.3, -0.25) is 4.99 Å². The summed E-state index contributed by atoms with van der Waals surface area (Å²) in [5, 5.41) is 3.79. The van der Waals surface area contributed by atoms with E-state index in [0.717, 1.165) is 18.6 Å². The Kier molecular flexibility index (Phi) is 8.88. The van der Waals surface area contributed by atoms with Gasteiger partial charge in [-0.25, -0.2) is 13.1 Å². The van der Waals surface area contributed by atoms with Crippen LogP contribution in [0, 0.1) is 0 Å². The molecule has 0 amide bonds. The predicted molar refractivity (Wildman–Crippen MR) is 98.4 cm³/mol. The molecule has 2 N–H and O–H groups in total. The van der Waals surface area contributed by atoms with Crippen molar-refractivity contribution in [2.45, 2.75) is 6.92 Å². The highest BCUT2D eigenvalue weighted by Crippen LogP contribution is 2.16. The molecule has 0 aromatic heterocycles. The van der Waals surface area contributed by atoms with Gasteiger partial charge < -0.3 is 15.0 Å². The van der Waals surface area contributed by atoms with Gasteiger partial charge in [-0.15, -0.1) is 0 Å². The maximum absolute atomic E-state index is 11.0. The van der Waals surface area contributed by atoms with Crippen LogP contribution in [0.2, 0.25) is 5.02 Å². The second-order valence-electron chi connectivity index (χ2n) is 5.13. The van der Waals surface area contributed by atoms with Gasteiger partial charge in [0.1, 0.15) is 12.4 Å². The van der Waals surface area contributed by atoms with E-state index in [4.69, 9.17) is 16.3 Å². The van der Waals surface area contributed by atoms with Gasteiger partial charge in [0.25, 0.3) is 0 Å². The summed E-state index contributed by atoms with van der Waals surface area (Å²) in [5.74, 6) is 1.41. The molecule has 0 saturated heterocycles. The van der Waals surface area contributed by atoms with Gasteiger partial charge in [-0.2, -0.15) is 0 Å². The molecule has 9 heteroatoms. The maximum atomic E-state index is 11.0. The summed E-state index contributed by atoms with van der Waals surface area (Å²) in [7, 11) is -1.29. The average molecular weight is 377 g/mol. The monoisotopic (exact) mass is 376 g/mol. The third kappa shape index (κ3) is 8.95. The topological polar surface area (TPSA) is 83.0 Å². The molecule has 0 unspecified atom stereocenters. The van der Waals surface area contributed by atoms with Crippen molar-refractivity contribution >= 4 is 27.6 Å². The predicted octanol–water partition coefficient (Wildman–Crippen LogP) is 1.17. The normalized spacial score (nSPS) is 12.1. The van der Waals surface area contributed by atoms with Crippen molar-refractivity contribution in [2.75, 3.05) is 46.1 Å². The van der Waals surface area contributed by atoms with Crippen molar-refractivity contribution < 1.29 is 13.2 Å². The Hall–Kier alpha value is -1.51. The molecule has 0 heterocycles. The minimum atomic E-state index is -3.19. The molecule has 1 rings (SSSR count). The lowest BCUT2D eigenvalue weighted by molar-refractivity contribution is 0.281. The number of rotatable bonds is 9. The molecule has 0 saturated carbocycles. The number of halogens is 1. The van der Waals surface area contributed by atoms with Crippen LogP contribution in [0.5, 0.6) is 5.75 Å². The van der Waals surface area contributed by atoms with Crippen molar-refractivity contribution in [1.82, 2.24) is 14.9 Å². The lowest BCUT2D eigenvalue weighted by Crippen LogP contribution is -2.41. The van der Waals surface area contributed by atoms with Crippen LogP contribution in [0.3, 0.4) is 0 Å². The van der Waals surface area contributed by atoms with Crippen LogP contribution in [-0.4, -0.2) is 65.4 Å². The standard InChI is InChI=1S/C15H25ClN4O3S/c1-4-17-15(18-8-9-19-24(3,21)22)20(2)10-11-23-14-7-5-6-13(16)12-14/h5-7,12,19H,4,8-11H2,1-3H3,(H,17,18). The van der Waals surface area contributed by atoms with E-state index in [2.05, 4.69) is 15.0 Å². The van der Waals surface area contributed by atoms with E-state index in [-0.39, 0.29) is 6.54 Å². The number of ether oxygens (including phenoxy) is 1. The first-order valence-corrected chi connectivity index (χ1v) is 9.91. The number of aliphatic imine (C=N–C) groups is 1. The molecule has 0 radical (unpaired) electrons. The number of likely N-dealkylation sites (N-methyl/N-ethyl adjacent to an activating group) is 1. The lowest BCUT2D eigenvalue weighted by atomic mass is 10.3. The highest BCUT2D eigenvalue weighted by atomic mass is 35.5. The maximum Gasteiger partial charge on any atom is 0.208 e. The molecular weight excluding hydrogens is 352 g/mol. The quantitative estimate of drug-likeness (QED) is 0.384. The largest absolute Gasteiger partial charge is 0.492 e. The Morgan fingerprint density at radius 1 is 1.42 bits per heavy atom. The molecule has 1 aromatic carbocycles. The number of nitrogens with one attached hydrogen (secondary N) is 2. The minimum absolute atomic E-state index is 0.264. The van der Waals surface area contributed by atoms with Gasteiger partial charge in [0.15, 0.2) is 5.96 Å². The molecule has 1 aromatic rings. The summed E-state index contributed by atoms with van der Waals surface area (Å²) < 4.78 is 30.1.